The predicted molar refractivity (Wildman–Crippen MR) is 93.4 cm³/mol. The fourth-order valence-corrected chi connectivity index (χ4v) is 3.66. The molecule has 3 aromatic rings. The zero-order valence-electron chi connectivity index (χ0n) is 13.9. The van der Waals surface area contributed by atoms with Crippen LogP contribution in [-0.4, -0.2) is 28.4 Å². The van der Waals surface area contributed by atoms with Crippen molar-refractivity contribution in [1.82, 2.24) is 14.7 Å². The van der Waals surface area contributed by atoms with E-state index < -0.39 is 0 Å². The lowest BCUT2D eigenvalue weighted by atomic mass is 10.2. The first-order valence-corrected chi connectivity index (χ1v) is 8.63. The molecule has 3 rings (SSSR count). The van der Waals surface area contributed by atoms with Gasteiger partial charge in [-0.1, -0.05) is 29.1 Å². The van der Waals surface area contributed by atoms with E-state index in [1.54, 1.807) is 17.7 Å². The number of aryl methyl sites for hydroxylation is 2. The molecular formula is C17H19N3O3S. The predicted octanol–water partition coefficient (Wildman–Crippen LogP) is 2.94. The maximum absolute atomic E-state index is 12.8. The van der Waals surface area contributed by atoms with Crippen LogP contribution in [0.1, 0.15) is 17.0 Å². The highest BCUT2D eigenvalue weighted by Gasteiger charge is 2.14. The summed E-state index contributed by atoms with van der Waals surface area (Å²) in [4.78, 5) is 17.4. The summed E-state index contributed by atoms with van der Waals surface area (Å²) in [5.74, 6) is 1.45. The smallest absolute Gasteiger partial charge is 0.262 e. The van der Waals surface area contributed by atoms with Crippen LogP contribution in [0.15, 0.2) is 38.7 Å². The maximum Gasteiger partial charge on any atom is 0.262 e. The van der Waals surface area contributed by atoms with E-state index >= 15 is 0 Å². The molecule has 0 amide bonds. The minimum Gasteiger partial charge on any atom is -0.383 e. The summed E-state index contributed by atoms with van der Waals surface area (Å²) in [7, 11) is 1.62. The molecule has 0 aliphatic carbocycles. The van der Waals surface area contributed by atoms with Crippen molar-refractivity contribution in [3.05, 3.63) is 51.6 Å². The van der Waals surface area contributed by atoms with Crippen molar-refractivity contribution < 1.29 is 9.26 Å². The largest absolute Gasteiger partial charge is 0.383 e. The third-order valence-electron chi connectivity index (χ3n) is 3.87. The molecule has 0 bridgehead atoms. The molecule has 0 saturated heterocycles. The highest BCUT2D eigenvalue weighted by Crippen LogP contribution is 2.25. The van der Waals surface area contributed by atoms with Gasteiger partial charge in [-0.2, -0.15) is 0 Å². The Hall–Kier alpha value is -2.12. The molecule has 0 N–H and O–H groups in total. The third kappa shape index (κ3) is 3.22. The molecule has 0 fully saturated rings. The Labute approximate surface area is 143 Å². The number of fused-ring (bicyclic) bond motifs is 1. The molecule has 2 heterocycles. The van der Waals surface area contributed by atoms with Crippen LogP contribution >= 0.6 is 11.8 Å². The van der Waals surface area contributed by atoms with Gasteiger partial charge in [0.15, 0.2) is 5.16 Å². The fraction of sp³-hybridized carbons (Fsp3) is 0.353. The Morgan fingerprint density at radius 1 is 1.29 bits per heavy atom. The summed E-state index contributed by atoms with van der Waals surface area (Å²) < 4.78 is 12.0. The van der Waals surface area contributed by atoms with E-state index in [4.69, 9.17) is 9.26 Å². The Morgan fingerprint density at radius 2 is 2.08 bits per heavy atom. The van der Waals surface area contributed by atoms with Crippen LogP contribution in [0.3, 0.4) is 0 Å². The Bertz CT molecular complexity index is 898. The van der Waals surface area contributed by atoms with Crippen LogP contribution in [0.25, 0.3) is 10.9 Å². The van der Waals surface area contributed by atoms with Crippen molar-refractivity contribution in [2.75, 3.05) is 13.7 Å². The molecule has 0 spiro atoms. The number of para-hydroxylation sites is 1. The first-order chi connectivity index (χ1) is 11.6. The van der Waals surface area contributed by atoms with Crippen LogP contribution in [0.2, 0.25) is 0 Å². The van der Waals surface area contributed by atoms with Crippen molar-refractivity contribution in [2.24, 2.45) is 0 Å². The second-order valence-corrected chi connectivity index (χ2v) is 6.40. The average Bonchev–Trinajstić information content (AvgIpc) is 2.91. The SMILES string of the molecule is COCCn1c(SCc2c(C)noc2C)nc2ccccc2c1=O. The van der Waals surface area contributed by atoms with Gasteiger partial charge in [0.25, 0.3) is 5.56 Å². The lowest BCUT2D eigenvalue weighted by Gasteiger charge is -2.12. The van der Waals surface area contributed by atoms with Crippen LogP contribution in [0.5, 0.6) is 0 Å². The minimum atomic E-state index is -0.0427. The van der Waals surface area contributed by atoms with E-state index in [9.17, 15) is 4.79 Å². The second-order valence-electron chi connectivity index (χ2n) is 5.45. The first kappa shape index (κ1) is 16.7. The average molecular weight is 345 g/mol. The summed E-state index contributed by atoms with van der Waals surface area (Å²) in [5, 5.41) is 5.27. The van der Waals surface area contributed by atoms with E-state index in [-0.39, 0.29) is 5.56 Å². The number of aromatic nitrogens is 3. The lowest BCUT2D eigenvalue weighted by molar-refractivity contribution is 0.183. The quantitative estimate of drug-likeness (QED) is 0.505. The van der Waals surface area contributed by atoms with E-state index in [1.165, 1.54) is 11.8 Å². The number of hydrogen-bond acceptors (Lipinski definition) is 6. The zero-order valence-corrected chi connectivity index (χ0v) is 14.7. The summed E-state index contributed by atoms with van der Waals surface area (Å²) in [6.07, 6.45) is 0. The number of nitrogens with zero attached hydrogens (tertiary/aromatic N) is 3. The zero-order chi connectivity index (χ0) is 17.1. The van der Waals surface area contributed by atoms with Crippen molar-refractivity contribution in [2.45, 2.75) is 31.3 Å². The molecule has 7 heteroatoms. The molecule has 0 aliphatic rings. The normalized spacial score (nSPS) is 11.3. The van der Waals surface area contributed by atoms with Gasteiger partial charge in [-0.3, -0.25) is 9.36 Å². The van der Waals surface area contributed by atoms with Gasteiger partial charge in [0.1, 0.15) is 5.76 Å². The van der Waals surface area contributed by atoms with Crippen LogP contribution in [-0.2, 0) is 17.0 Å². The van der Waals surface area contributed by atoms with E-state index in [0.29, 0.717) is 35.0 Å². The summed E-state index contributed by atoms with van der Waals surface area (Å²) in [5.41, 5.74) is 2.57. The molecule has 0 saturated carbocycles. The van der Waals surface area contributed by atoms with Crippen molar-refractivity contribution in [3.63, 3.8) is 0 Å². The number of thioether (sulfide) groups is 1. The maximum atomic E-state index is 12.8. The molecule has 0 unspecified atom stereocenters. The minimum absolute atomic E-state index is 0.0427. The molecule has 24 heavy (non-hydrogen) atoms. The molecule has 0 radical (unpaired) electrons. The lowest BCUT2D eigenvalue weighted by Crippen LogP contribution is -2.25. The molecular weight excluding hydrogens is 326 g/mol. The highest BCUT2D eigenvalue weighted by atomic mass is 32.2. The van der Waals surface area contributed by atoms with Gasteiger partial charge in [0, 0.05) is 18.4 Å². The summed E-state index contributed by atoms with van der Waals surface area (Å²) in [6, 6.07) is 7.40. The van der Waals surface area contributed by atoms with Crippen LogP contribution in [0, 0.1) is 13.8 Å². The number of ether oxygens (including phenoxy) is 1. The van der Waals surface area contributed by atoms with Gasteiger partial charge in [0.05, 0.1) is 29.7 Å². The standard InChI is InChI=1S/C17H19N3O3S/c1-11-14(12(2)23-19-11)10-24-17-18-15-7-5-4-6-13(15)16(21)20(17)8-9-22-3/h4-7H,8-10H2,1-3H3. The van der Waals surface area contributed by atoms with Gasteiger partial charge in [-0.15, -0.1) is 0 Å². The molecule has 0 atom stereocenters. The van der Waals surface area contributed by atoms with Gasteiger partial charge in [0.2, 0.25) is 0 Å². The van der Waals surface area contributed by atoms with Crippen LogP contribution < -0.4 is 5.56 Å². The molecule has 126 valence electrons. The first-order valence-electron chi connectivity index (χ1n) is 7.65. The molecule has 1 aromatic carbocycles. The van der Waals surface area contributed by atoms with E-state index in [2.05, 4.69) is 10.1 Å². The van der Waals surface area contributed by atoms with Gasteiger partial charge in [-0.25, -0.2) is 4.98 Å². The van der Waals surface area contributed by atoms with Gasteiger partial charge >= 0.3 is 0 Å². The Kier molecular flexibility index (Phi) is 5.01. The molecule has 0 aliphatic heterocycles. The highest BCUT2D eigenvalue weighted by molar-refractivity contribution is 7.98. The topological polar surface area (TPSA) is 70.2 Å². The fourth-order valence-electron chi connectivity index (χ4n) is 2.48. The number of benzene rings is 1. The van der Waals surface area contributed by atoms with Crippen LogP contribution in [0.4, 0.5) is 0 Å². The van der Waals surface area contributed by atoms with Crippen molar-refractivity contribution in [1.29, 1.82) is 0 Å². The van der Waals surface area contributed by atoms with Gasteiger partial charge < -0.3 is 9.26 Å². The summed E-state index contributed by atoms with van der Waals surface area (Å²) >= 11 is 1.51. The number of rotatable bonds is 6. The molecule has 6 nitrogen and oxygen atoms in total. The van der Waals surface area contributed by atoms with E-state index in [0.717, 1.165) is 17.0 Å². The van der Waals surface area contributed by atoms with Crippen molar-refractivity contribution in [3.8, 4) is 0 Å². The summed E-state index contributed by atoms with van der Waals surface area (Å²) in [6.45, 7) is 4.73. The number of hydrogen-bond donors (Lipinski definition) is 0. The number of methoxy groups -OCH3 is 1. The third-order valence-corrected chi connectivity index (χ3v) is 4.88. The monoisotopic (exact) mass is 345 g/mol. The van der Waals surface area contributed by atoms with Gasteiger partial charge in [-0.05, 0) is 26.0 Å². The second kappa shape index (κ2) is 7.19. The Balaban J connectivity index is 2.00. The molecule has 2 aromatic heterocycles. The van der Waals surface area contributed by atoms with E-state index in [1.807, 2.05) is 32.0 Å². The Morgan fingerprint density at radius 3 is 2.79 bits per heavy atom. The van der Waals surface area contributed by atoms with Crippen molar-refractivity contribution >= 4 is 22.7 Å².